The number of ether oxygens (including phenoxy) is 3. The second-order valence-electron chi connectivity index (χ2n) is 24.1. The zero-order valence-electron chi connectivity index (χ0n) is 53.2. The Balaban J connectivity index is 0.000000212. The molecular formula is C78H80FN11O7. The van der Waals surface area contributed by atoms with Gasteiger partial charge in [0, 0.05) is 53.0 Å². The number of alkyl carbamates (subject to hydrolysis) is 1. The Labute approximate surface area is 562 Å². The van der Waals surface area contributed by atoms with E-state index in [9.17, 15) is 19.2 Å². The van der Waals surface area contributed by atoms with Gasteiger partial charge in [0.15, 0.2) is 0 Å². The molecule has 0 unspecified atom stereocenters. The van der Waals surface area contributed by atoms with Crippen LogP contribution >= 0.6 is 0 Å². The fraction of sp³-hybridized carbons (Fsp3) is 0.205. The number of amides is 4. The van der Waals surface area contributed by atoms with Crippen molar-refractivity contribution in [1.82, 2.24) is 51.2 Å². The topological polar surface area (TPSA) is 259 Å². The van der Waals surface area contributed by atoms with Crippen molar-refractivity contribution in [1.29, 1.82) is 0 Å². The molecule has 496 valence electrons. The van der Waals surface area contributed by atoms with Gasteiger partial charge in [0.2, 0.25) is 17.7 Å². The molecule has 4 atom stereocenters. The SMILES string of the molecule is C.CC(C)(N)C(=O)N[C@H](COCc1ccccc1)C(=O)N[C@H](Cc1c[nH]c2ccccc12)c1ncc(-c2ccccc2)[nH]1.F.O=C(N[C@H](COCc1ccccc1)C(=O)N[C@H](Cc1c[nH]c2ccccc12)c1ncc(-c2ccccc2)[nH]1)OCC1c2ccccc2-c2ccccc21. The van der Waals surface area contributed by atoms with Gasteiger partial charge in [-0.1, -0.05) is 214 Å². The summed E-state index contributed by atoms with van der Waals surface area (Å²) in [6.07, 6.45) is 7.65. The van der Waals surface area contributed by atoms with Crippen LogP contribution in [0.5, 0.6) is 0 Å². The quantitative estimate of drug-likeness (QED) is 0.0261. The molecule has 0 saturated carbocycles. The lowest BCUT2D eigenvalue weighted by Gasteiger charge is -2.26. The van der Waals surface area contributed by atoms with Crippen LogP contribution in [0, 0.1) is 0 Å². The fourth-order valence-corrected chi connectivity index (χ4v) is 11.8. The standard InChI is InChI=1S/C44H39N5O4.C33H36N6O3.CH4.FH/c50-43(48-39(23-31-24-45-38-22-12-11-17-32(31)38)42-46-25-40(47-42)30-15-5-2-6-16-30)41(28-52-26-29-13-3-1-4-14-29)49-44(51)53-27-37-35-20-9-7-18-33(35)34-19-8-10-21-36(34)37;1-33(2,34)32(41)39-29(21-42-20-22-11-5-3-6-12-22)31(40)38-27(17-24-18-35-26-16-10-9-15-25(24)26)30-36-19-28(37-30)23-13-7-4-8-14-23;;/h1-22,24-25,37,39,41,45H,23,26-28H2,(H,46,47)(H,48,50)(H,49,51);3-16,18-19,27,29,35H,17,20-21,34H2,1-2H3,(H,36,37)(H,38,40)(H,39,41);1H4;1H/t39-,41-;27-,29-;;/m11../s1. The molecule has 10 N–H and O–H groups in total. The number of rotatable bonds is 25. The average Bonchev–Trinajstić information content (AvgIpc) is 1.62. The maximum absolute atomic E-state index is 14.3. The number of imidazole rings is 2. The third kappa shape index (κ3) is 17.2. The predicted molar refractivity (Wildman–Crippen MR) is 377 cm³/mol. The van der Waals surface area contributed by atoms with E-state index in [1.165, 1.54) is 0 Å². The number of benzene rings is 8. The van der Waals surface area contributed by atoms with E-state index in [1.807, 2.05) is 200 Å². The minimum Gasteiger partial charge on any atom is -0.449 e. The lowest BCUT2D eigenvalue weighted by Crippen LogP contribution is -2.57. The summed E-state index contributed by atoms with van der Waals surface area (Å²) in [6.45, 7) is 3.77. The summed E-state index contributed by atoms with van der Waals surface area (Å²) in [5, 5.41) is 14.0. The third-order valence-corrected chi connectivity index (χ3v) is 16.8. The van der Waals surface area contributed by atoms with Gasteiger partial charge in [-0.15, -0.1) is 0 Å². The summed E-state index contributed by atoms with van der Waals surface area (Å²) in [5.41, 5.74) is 19.0. The number of carbonyl (C=O) groups is 4. The van der Waals surface area contributed by atoms with E-state index < -0.39 is 53.5 Å². The number of aromatic nitrogens is 6. The van der Waals surface area contributed by atoms with Gasteiger partial charge in [-0.2, -0.15) is 0 Å². The number of hydrogen-bond acceptors (Lipinski definition) is 10. The number of halogens is 1. The number of nitrogens with one attached hydrogen (secondary N) is 8. The summed E-state index contributed by atoms with van der Waals surface area (Å²) in [4.78, 5) is 77.2. The number of nitrogens with zero attached hydrogens (tertiary/aromatic N) is 2. The average molecular weight is 1300 g/mol. The van der Waals surface area contributed by atoms with E-state index in [0.29, 0.717) is 31.1 Å². The summed E-state index contributed by atoms with van der Waals surface area (Å²) in [5.74, 6) is -0.205. The van der Waals surface area contributed by atoms with Crippen LogP contribution in [0.25, 0.3) is 55.4 Å². The van der Waals surface area contributed by atoms with Crippen LogP contribution in [0.3, 0.4) is 0 Å². The van der Waals surface area contributed by atoms with Crippen molar-refractivity contribution in [2.24, 2.45) is 5.73 Å². The summed E-state index contributed by atoms with van der Waals surface area (Å²) in [6, 6.07) is 68.4. The van der Waals surface area contributed by atoms with E-state index in [1.54, 1.807) is 26.2 Å². The van der Waals surface area contributed by atoms with Crippen LogP contribution in [-0.4, -0.2) is 91.2 Å². The molecule has 1 aliphatic carbocycles. The molecule has 0 fully saturated rings. The monoisotopic (exact) mass is 1300 g/mol. The maximum Gasteiger partial charge on any atom is 0.407 e. The van der Waals surface area contributed by atoms with Crippen molar-refractivity contribution in [2.45, 2.75) is 83.0 Å². The highest BCUT2D eigenvalue weighted by atomic mass is 19.0. The first kappa shape index (κ1) is 68.6. The lowest BCUT2D eigenvalue weighted by atomic mass is 9.98. The Morgan fingerprint density at radius 3 is 1.34 bits per heavy atom. The van der Waals surface area contributed by atoms with Gasteiger partial charge in [-0.25, -0.2) is 14.8 Å². The molecule has 8 aromatic carbocycles. The number of aromatic amines is 4. The molecule has 4 aromatic heterocycles. The molecule has 18 nitrogen and oxygen atoms in total. The molecular weight excluding hydrogens is 1220 g/mol. The highest BCUT2D eigenvalue weighted by molar-refractivity contribution is 5.92. The summed E-state index contributed by atoms with van der Waals surface area (Å²) < 4.78 is 17.8. The van der Waals surface area contributed by atoms with E-state index in [4.69, 9.17) is 24.9 Å². The van der Waals surface area contributed by atoms with Crippen molar-refractivity contribution >= 4 is 45.6 Å². The first-order chi connectivity index (χ1) is 46.4. The number of fused-ring (bicyclic) bond motifs is 5. The van der Waals surface area contributed by atoms with Gasteiger partial charge in [0.05, 0.1) is 67.8 Å². The second-order valence-corrected chi connectivity index (χ2v) is 24.1. The summed E-state index contributed by atoms with van der Waals surface area (Å²) in [7, 11) is 0. The normalized spacial score (nSPS) is 12.9. The van der Waals surface area contributed by atoms with Crippen molar-refractivity contribution in [3.63, 3.8) is 0 Å². The Kier molecular flexibility index (Phi) is 22.8. The second kappa shape index (κ2) is 32.3. The van der Waals surface area contributed by atoms with Gasteiger partial charge < -0.3 is 61.1 Å². The van der Waals surface area contributed by atoms with Gasteiger partial charge in [0.25, 0.3) is 0 Å². The number of para-hydroxylation sites is 2. The fourth-order valence-electron chi connectivity index (χ4n) is 11.8. The van der Waals surface area contributed by atoms with E-state index >= 15 is 0 Å². The molecule has 12 aromatic rings. The van der Waals surface area contributed by atoms with Gasteiger partial charge in [-0.3, -0.25) is 19.1 Å². The zero-order chi connectivity index (χ0) is 65.5. The maximum atomic E-state index is 14.3. The molecule has 0 bridgehead atoms. The van der Waals surface area contributed by atoms with Gasteiger partial charge in [0.1, 0.15) is 30.3 Å². The highest BCUT2D eigenvalue weighted by Crippen LogP contribution is 2.44. The Bertz CT molecular complexity index is 4490. The first-order valence-electron chi connectivity index (χ1n) is 31.7. The highest BCUT2D eigenvalue weighted by Gasteiger charge is 2.33. The zero-order valence-corrected chi connectivity index (χ0v) is 53.2. The Morgan fingerprint density at radius 2 is 0.897 bits per heavy atom. The van der Waals surface area contributed by atoms with Crippen LogP contribution < -0.4 is 27.0 Å². The molecule has 19 heteroatoms. The van der Waals surface area contributed by atoms with Gasteiger partial charge in [-0.05, 0) is 81.6 Å². The minimum atomic E-state index is -1.17. The molecule has 13 rings (SSSR count). The van der Waals surface area contributed by atoms with E-state index in [0.717, 1.165) is 88.8 Å². The molecule has 4 heterocycles. The lowest BCUT2D eigenvalue weighted by molar-refractivity contribution is -0.133. The van der Waals surface area contributed by atoms with E-state index in [-0.39, 0.29) is 44.5 Å². The van der Waals surface area contributed by atoms with Crippen LogP contribution in [0.1, 0.15) is 84.3 Å². The van der Waals surface area contributed by atoms with E-state index in [2.05, 4.69) is 76.5 Å². The number of nitrogens with two attached hydrogens (primary N) is 1. The Hall–Kier alpha value is -11.3. The molecule has 1 aliphatic rings. The molecule has 0 aliphatic heterocycles. The molecule has 97 heavy (non-hydrogen) atoms. The van der Waals surface area contributed by atoms with Crippen molar-refractivity contribution in [3.8, 4) is 33.6 Å². The largest absolute Gasteiger partial charge is 0.449 e. The van der Waals surface area contributed by atoms with Crippen LogP contribution in [-0.2, 0) is 54.6 Å². The number of hydrogen-bond donors (Lipinski definition) is 9. The van der Waals surface area contributed by atoms with Crippen molar-refractivity contribution in [2.75, 3.05) is 19.8 Å². The molecule has 4 amide bonds. The molecule has 0 radical (unpaired) electrons. The first-order valence-corrected chi connectivity index (χ1v) is 31.7. The molecule has 0 saturated heterocycles. The minimum absolute atomic E-state index is 0. The smallest absolute Gasteiger partial charge is 0.407 e. The number of carbonyl (C=O) groups excluding carboxylic acids is 4. The van der Waals surface area contributed by atoms with Crippen LogP contribution in [0.15, 0.2) is 243 Å². The van der Waals surface area contributed by atoms with Gasteiger partial charge >= 0.3 is 6.09 Å². The third-order valence-electron chi connectivity index (χ3n) is 16.8. The van der Waals surface area contributed by atoms with Crippen molar-refractivity contribution < 1.29 is 38.1 Å². The van der Waals surface area contributed by atoms with Crippen molar-refractivity contribution in [3.05, 3.63) is 288 Å². The summed E-state index contributed by atoms with van der Waals surface area (Å²) >= 11 is 0. The Morgan fingerprint density at radius 1 is 0.505 bits per heavy atom. The van der Waals surface area contributed by atoms with Crippen LogP contribution in [0.4, 0.5) is 9.50 Å². The molecule has 0 spiro atoms. The van der Waals surface area contributed by atoms with Crippen LogP contribution in [0.2, 0.25) is 0 Å². The number of H-pyrrole nitrogens is 4. The predicted octanol–water partition coefficient (Wildman–Crippen LogP) is 13.3.